The summed E-state index contributed by atoms with van der Waals surface area (Å²) in [5.74, 6) is 0.219. The Morgan fingerprint density at radius 1 is 1.15 bits per heavy atom. The molecule has 4 aromatic rings. The van der Waals surface area contributed by atoms with Gasteiger partial charge in [0.1, 0.15) is 5.82 Å². The fourth-order valence-electron chi connectivity index (χ4n) is 2.51. The highest BCUT2D eigenvalue weighted by atomic mass is 32.2. The van der Waals surface area contributed by atoms with E-state index in [1.165, 1.54) is 36.3 Å². The Bertz CT molecular complexity index is 1110. The smallest absolute Gasteiger partial charge is 0.280 e. The number of fused-ring (bicyclic) bond motifs is 1. The maximum absolute atomic E-state index is 13.4. The molecule has 1 aromatic carbocycles. The van der Waals surface area contributed by atoms with E-state index in [0.29, 0.717) is 23.1 Å². The molecular weight excluding hydrogens is 371 g/mol. The molecule has 0 aliphatic carbocycles. The molecule has 26 heavy (non-hydrogen) atoms. The highest BCUT2D eigenvalue weighted by Crippen LogP contribution is 2.23. The number of hydrogen-bond acceptors (Lipinski definition) is 6. The number of halogens is 1. The molecule has 3 aromatic heterocycles. The van der Waals surface area contributed by atoms with Crippen molar-refractivity contribution in [2.45, 2.75) is 17.5 Å². The predicted molar refractivity (Wildman–Crippen MR) is 101 cm³/mol. The first kappa shape index (κ1) is 16.9. The van der Waals surface area contributed by atoms with Gasteiger partial charge in [-0.1, -0.05) is 30.0 Å². The molecule has 0 spiro atoms. The maximum Gasteiger partial charge on any atom is 0.282 e. The lowest BCUT2D eigenvalue weighted by molar-refractivity contribution is 0.626. The second kappa shape index (κ2) is 7.35. The van der Waals surface area contributed by atoms with Gasteiger partial charge in [0.05, 0.1) is 6.54 Å². The summed E-state index contributed by atoms with van der Waals surface area (Å²) >= 11 is 2.96. The van der Waals surface area contributed by atoms with E-state index < -0.39 is 0 Å². The van der Waals surface area contributed by atoms with Crippen LogP contribution in [0.1, 0.15) is 10.4 Å². The minimum atomic E-state index is -0.281. The molecule has 0 radical (unpaired) electrons. The Hall–Kier alpha value is -2.58. The van der Waals surface area contributed by atoms with Crippen molar-refractivity contribution >= 4 is 34.3 Å². The van der Waals surface area contributed by atoms with Gasteiger partial charge in [0.2, 0.25) is 0 Å². The van der Waals surface area contributed by atoms with Crippen LogP contribution in [0.4, 0.5) is 4.39 Å². The molecule has 5 nitrogen and oxygen atoms in total. The second-order valence-electron chi connectivity index (χ2n) is 5.51. The summed E-state index contributed by atoms with van der Waals surface area (Å²) in [6.07, 6.45) is 3.00. The van der Waals surface area contributed by atoms with E-state index >= 15 is 0 Å². The third kappa shape index (κ3) is 3.51. The van der Waals surface area contributed by atoms with Gasteiger partial charge < -0.3 is 0 Å². The standard InChI is InChI=1S/C18H13FN4OS2/c19-13-4-1-3-12(9-13)11-26-18-22-16-15(20-6-7-21-16)17(24)23(18)10-14-5-2-8-25-14/h1-9H,10-11H2. The molecule has 0 aliphatic heterocycles. The van der Waals surface area contributed by atoms with Crippen LogP contribution < -0.4 is 5.56 Å². The van der Waals surface area contributed by atoms with Gasteiger partial charge in [-0.25, -0.2) is 19.3 Å². The molecule has 0 saturated carbocycles. The zero-order chi connectivity index (χ0) is 17.9. The SMILES string of the molecule is O=c1c2nccnc2nc(SCc2cccc(F)c2)n1Cc1cccs1. The van der Waals surface area contributed by atoms with E-state index in [4.69, 9.17) is 0 Å². The van der Waals surface area contributed by atoms with Crippen LogP contribution in [0.3, 0.4) is 0 Å². The van der Waals surface area contributed by atoms with Gasteiger partial charge in [-0.15, -0.1) is 11.3 Å². The van der Waals surface area contributed by atoms with Gasteiger partial charge in [0, 0.05) is 23.0 Å². The average molecular weight is 384 g/mol. The average Bonchev–Trinajstić information content (AvgIpc) is 3.16. The largest absolute Gasteiger partial charge is 0.282 e. The van der Waals surface area contributed by atoms with Crippen molar-refractivity contribution in [3.05, 3.63) is 80.8 Å². The Balaban J connectivity index is 1.74. The molecule has 4 rings (SSSR count). The molecule has 0 unspecified atom stereocenters. The van der Waals surface area contributed by atoms with Gasteiger partial charge in [-0.05, 0) is 29.1 Å². The van der Waals surface area contributed by atoms with Crippen molar-refractivity contribution in [3.63, 3.8) is 0 Å². The summed E-state index contributed by atoms with van der Waals surface area (Å²) in [7, 11) is 0. The first-order valence-electron chi connectivity index (χ1n) is 7.82. The fourth-order valence-corrected chi connectivity index (χ4v) is 4.13. The van der Waals surface area contributed by atoms with E-state index in [9.17, 15) is 9.18 Å². The number of rotatable bonds is 5. The fraction of sp³-hybridized carbons (Fsp3) is 0.111. The lowest BCUT2D eigenvalue weighted by atomic mass is 10.2. The highest BCUT2D eigenvalue weighted by molar-refractivity contribution is 7.98. The zero-order valence-electron chi connectivity index (χ0n) is 13.5. The topological polar surface area (TPSA) is 60.7 Å². The molecular formula is C18H13FN4OS2. The Labute approximate surface area is 156 Å². The molecule has 0 bridgehead atoms. The summed E-state index contributed by atoms with van der Waals surface area (Å²) in [5.41, 5.74) is 1.17. The zero-order valence-corrected chi connectivity index (χ0v) is 15.1. The highest BCUT2D eigenvalue weighted by Gasteiger charge is 2.14. The van der Waals surface area contributed by atoms with E-state index in [-0.39, 0.29) is 16.9 Å². The lowest BCUT2D eigenvalue weighted by Gasteiger charge is -2.11. The molecule has 0 saturated heterocycles. The number of hydrogen-bond donors (Lipinski definition) is 0. The molecule has 0 aliphatic rings. The van der Waals surface area contributed by atoms with Crippen molar-refractivity contribution in [2.75, 3.05) is 0 Å². The number of thioether (sulfide) groups is 1. The number of nitrogens with zero attached hydrogens (tertiary/aromatic N) is 4. The number of thiophene rings is 1. The van der Waals surface area contributed by atoms with Crippen LogP contribution in [-0.4, -0.2) is 19.5 Å². The van der Waals surface area contributed by atoms with Gasteiger partial charge in [-0.3, -0.25) is 9.36 Å². The summed E-state index contributed by atoms with van der Waals surface area (Å²) in [6, 6.07) is 10.3. The molecule has 0 amide bonds. The quantitative estimate of drug-likeness (QED) is 0.388. The molecule has 0 fully saturated rings. The van der Waals surface area contributed by atoms with E-state index in [1.54, 1.807) is 22.0 Å². The summed E-state index contributed by atoms with van der Waals surface area (Å²) in [6.45, 7) is 0.418. The van der Waals surface area contributed by atoms with Gasteiger partial charge in [0.25, 0.3) is 5.56 Å². The monoisotopic (exact) mass is 384 g/mol. The summed E-state index contributed by atoms with van der Waals surface area (Å²) in [5, 5.41) is 2.51. The Morgan fingerprint density at radius 3 is 2.85 bits per heavy atom. The predicted octanol–water partition coefficient (Wildman–Crippen LogP) is 3.73. The molecule has 8 heteroatoms. The van der Waals surface area contributed by atoms with Crippen LogP contribution in [0.25, 0.3) is 11.2 Å². The maximum atomic E-state index is 13.4. The van der Waals surface area contributed by atoms with Gasteiger partial charge in [-0.2, -0.15) is 0 Å². The van der Waals surface area contributed by atoms with E-state index in [2.05, 4.69) is 15.0 Å². The first-order valence-corrected chi connectivity index (χ1v) is 9.68. The molecule has 3 heterocycles. The molecule has 0 atom stereocenters. The Morgan fingerprint density at radius 2 is 2.04 bits per heavy atom. The van der Waals surface area contributed by atoms with Crippen molar-refractivity contribution in [3.8, 4) is 0 Å². The second-order valence-corrected chi connectivity index (χ2v) is 7.49. The van der Waals surface area contributed by atoms with Crippen molar-refractivity contribution < 1.29 is 4.39 Å². The van der Waals surface area contributed by atoms with Crippen LogP contribution in [0, 0.1) is 5.82 Å². The van der Waals surface area contributed by atoms with E-state index in [1.807, 2.05) is 23.6 Å². The lowest BCUT2D eigenvalue weighted by Crippen LogP contribution is -2.24. The van der Waals surface area contributed by atoms with Crippen LogP contribution >= 0.6 is 23.1 Å². The number of benzene rings is 1. The van der Waals surface area contributed by atoms with E-state index in [0.717, 1.165) is 10.4 Å². The van der Waals surface area contributed by atoms with Crippen LogP contribution in [0.15, 0.2) is 64.1 Å². The van der Waals surface area contributed by atoms with Crippen molar-refractivity contribution in [1.82, 2.24) is 19.5 Å². The van der Waals surface area contributed by atoms with Crippen molar-refractivity contribution in [2.24, 2.45) is 0 Å². The van der Waals surface area contributed by atoms with Gasteiger partial charge in [0.15, 0.2) is 16.3 Å². The molecule has 130 valence electrons. The van der Waals surface area contributed by atoms with Crippen LogP contribution in [0.5, 0.6) is 0 Å². The summed E-state index contributed by atoms with van der Waals surface area (Å²) < 4.78 is 15.0. The number of aromatic nitrogens is 4. The van der Waals surface area contributed by atoms with Crippen LogP contribution in [-0.2, 0) is 12.3 Å². The molecule has 0 N–H and O–H groups in total. The third-order valence-electron chi connectivity index (χ3n) is 3.71. The minimum Gasteiger partial charge on any atom is -0.280 e. The minimum absolute atomic E-state index is 0.224. The first-order chi connectivity index (χ1) is 12.7. The summed E-state index contributed by atoms with van der Waals surface area (Å²) in [4.78, 5) is 26.7. The van der Waals surface area contributed by atoms with Crippen LogP contribution in [0.2, 0.25) is 0 Å². The third-order valence-corrected chi connectivity index (χ3v) is 5.62. The van der Waals surface area contributed by atoms with Crippen molar-refractivity contribution in [1.29, 1.82) is 0 Å². The van der Waals surface area contributed by atoms with Gasteiger partial charge >= 0.3 is 0 Å². The Kier molecular flexibility index (Phi) is 4.77. The normalized spacial score (nSPS) is 11.1.